The van der Waals surface area contributed by atoms with Crippen molar-refractivity contribution in [1.82, 2.24) is 14.8 Å². The molecule has 0 amide bonds. The molecule has 0 spiro atoms. The van der Waals surface area contributed by atoms with Crippen LogP contribution in [-0.2, 0) is 6.18 Å². The van der Waals surface area contributed by atoms with E-state index in [0.29, 0.717) is 22.3 Å². The van der Waals surface area contributed by atoms with Crippen LogP contribution in [0, 0.1) is 6.92 Å². The summed E-state index contributed by atoms with van der Waals surface area (Å²) < 4.78 is 45.9. The molecule has 3 aromatic rings. The Balaban J connectivity index is 2.33. The van der Waals surface area contributed by atoms with Crippen molar-refractivity contribution >= 4 is 10.8 Å². The minimum Gasteiger partial charge on any atom is -0.481 e. The molecule has 0 aliphatic carbocycles. The van der Waals surface area contributed by atoms with Gasteiger partial charge in [-0.2, -0.15) is 18.3 Å². The molecule has 0 saturated carbocycles. The molecule has 22 heavy (non-hydrogen) atoms. The van der Waals surface area contributed by atoms with Gasteiger partial charge in [0.1, 0.15) is 0 Å². The van der Waals surface area contributed by atoms with Gasteiger partial charge in [0.05, 0.1) is 19.0 Å². The standard InChI is InChI=1S/C15H12F3N3O/c1-9-8-20-21(13(9)15(16,17)18)12-5-3-4-11-10(12)6-7-19-14(11)22-2/h3-8H,1-2H3. The zero-order valence-electron chi connectivity index (χ0n) is 11.8. The van der Waals surface area contributed by atoms with E-state index in [0.717, 1.165) is 4.68 Å². The number of nitrogens with zero attached hydrogens (tertiary/aromatic N) is 3. The maximum absolute atomic E-state index is 13.3. The third-order valence-corrected chi connectivity index (χ3v) is 3.39. The highest BCUT2D eigenvalue weighted by atomic mass is 19.4. The van der Waals surface area contributed by atoms with E-state index in [9.17, 15) is 13.2 Å². The minimum absolute atomic E-state index is 0.0746. The lowest BCUT2D eigenvalue weighted by Crippen LogP contribution is -2.15. The third-order valence-electron chi connectivity index (χ3n) is 3.39. The van der Waals surface area contributed by atoms with E-state index >= 15 is 0 Å². The third kappa shape index (κ3) is 2.18. The number of halogens is 3. The highest BCUT2D eigenvalue weighted by Gasteiger charge is 2.37. The Kier molecular flexibility index (Phi) is 3.27. The first-order chi connectivity index (χ1) is 10.4. The second-order valence-corrected chi connectivity index (χ2v) is 4.78. The lowest BCUT2D eigenvalue weighted by Gasteiger charge is -2.14. The van der Waals surface area contributed by atoms with Crippen LogP contribution in [0.1, 0.15) is 11.3 Å². The van der Waals surface area contributed by atoms with Crippen LogP contribution in [0.4, 0.5) is 13.2 Å². The molecule has 0 fully saturated rings. The number of aryl methyl sites for hydroxylation is 1. The van der Waals surface area contributed by atoms with Gasteiger partial charge in [0.25, 0.3) is 0 Å². The Morgan fingerprint density at radius 1 is 1.14 bits per heavy atom. The van der Waals surface area contributed by atoms with Crippen LogP contribution in [0.15, 0.2) is 36.7 Å². The summed E-state index contributed by atoms with van der Waals surface area (Å²) in [6.45, 7) is 1.39. The maximum atomic E-state index is 13.3. The summed E-state index contributed by atoms with van der Waals surface area (Å²) in [4.78, 5) is 4.06. The average molecular weight is 307 g/mol. The molecule has 0 aliphatic heterocycles. The van der Waals surface area contributed by atoms with Gasteiger partial charge in [0, 0.05) is 17.0 Å². The molecule has 7 heteroatoms. The van der Waals surface area contributed by atoms with Crippen LogP contribution in [0.3, 0.4) is 0 Å². The highest BCUT2D eigenvalue weighted by molar-refractivity contribution is 5.93. The van der Waals surface area contributed by atoms with Crippen molar-refractivity contribution < 1.29 is 17.9 Å². The molecule has 0 unspecified atom stereocenters. The van der Waals surface area contributed by atoms with Gasteiger partial charge >= 0.3 is 6.18 Å². The maximum Gasteiger partial charge on any atom is 0.433 e. The molecule has 1 aromatic carbocycles. The summed E-state index contributed by atoms with van der Waals surface area (Å²) in [6.07, 6.45) is -1.78. The number of rotatable bonds is 2. The summed E-state index contributed by atoms with van der Waals surface area (Å²) in [5.74, 6) is 0.358. The summed E-state index contributed by atoms with van der Waals surface area (Å²) in [5, 5.41) is 5.11. The van der Waals surface area contributed by atoms with Crippen molar-refractivity contribution in [3.8, 4) is 11.6 Å². The van der Waals surface area contributed by atoms with Crippen LogP contribution >= 0.6 is 0 Å². The van der Waals surface area contributed by atoms with Crippen LogP contribution < -0.4 is 4.74 Å². The Hall–Kier alpha value is -2.57. The number of fused-ring (bicyclic) bond motifs is 1. The predicted molar refractivity (Wildman–Crippen MR) is 75.2 cm³/mol. The second kappa shape index (κ2) is 5.01. The van der Waals surface area contributed by atoms with Crippen molar-refractivity contribution in [2.75, 3.05) is 7.11 Å². The summed E-state index contributed by atoms with van der Waals surface area (Å²) in [5.41, 5.74) is -0.375. The predicted octanol–water partition coefficient (Wildman–Crippen LogP) is 3.76. The fourth-order valence-electron chi connectivity index (χ4n) is 2.47. The Morgan fingerprint density at radius 3 is 2.59 bits per heavy atom. The summed E-state index contributed by atoms with van der Waals surface area (Å²) in [7, 11) is 1.47. The van der Waals surface area contributed by atoms with Crippen molar-refractivity contribution in [3.63, 3.8) is 0 Å². The molecule has 0 bridgehead atoms. The van der Waals surface area contributed by atoms with Gasteiger partial charge in [-0.1, -0.05) is 6.07 Å². The fourth-order valence-corrected chi connectivity index (χ4v) is 2.47. The molecule has 4 nitrogen and oxygen atoms in total. The first-order valence-corrected chi connectivity index (χ1v) is 6.47. The lowest BCUT2D eigenvalue weighted by atomic mass is 10.1. The quantitative estimate of drug-likeness (QED) is 0.724. The number of aromatic nitrogens is 3. The van der Waals surface area contributed by atoms with Gasteiger partial charge in [-0.25, -0.2) is 9.67 Å². The van der Waals surface area contributed by atoms with Crippen LogP contribution in [0.5, 0.6) is 5.88 Å². The topological polar surface area (TPSA) is 39.9 Å². The largest absolute Gasteiger partial charge is 0.481 e. The van der Waals surface area contributed by atoms with E-state index in [4.69, 9.17) is 4.74 Å². The van der Waals surface area contributed by atoms with E-state index in [1.165, 1.54) is 26.4 Å². The number of ether oxygens (including phenoxy) is 1. The molecule has 2 aromatic heterocycles. The highest BCUT2D eigenvalue weighted by Crippen LogP contribution is 2.35. The van der Waals surface area contributed by atoms with Crippen molar-refractivity contribution in [2.45, 2.75) is 13.1 Å². The Labute approximate surface area is 124 Å². The molecule has 114 valence electrons. The molecule has 0 N–H and O–H groups in total. The van der Waals surface area contributed by atoms with E-state index in [2.05, 4.69) is 10.1 Å². The Morgan fingerprint density at radius 2 is 1.91 bits per heavy atom. The minimum atomic E-state index is -4.49. The normalized spacial score (nSPS) is 11.9. The molecule has 0 aliphatic rings. The van der Waals surface area contributed by atoms with Gasteiger partial charge < -0.3 is 4.74 Å². The number of benzene rings is 1. The van der Waals surface area contributed by atoms with Gasteiger partial charge in [-0.15, -0.1) is 0 Å². The Bertz CT molecular complexity index is 840. The van der Waals surface area contributed by atoms with Gasteiger partial charge in [-0.05, 0) is 30.7 Å². The first-order valence-electron chi connectivity index (χ1n) is 6.47. The fraction of sp³-hybridized carbons (Fsp3) is 0.200. The van der Waals surface area contributed by atoms with Gasteiger partial charge in [-0.3, -0.25) is 0 Å². The number of pyridine rings is 1. The molecular formula is C15H12F3N3O. The van der Waals surface area contributed by atoms with E-state index in [-0.39, 0.29) is 5.56 Å². The average Bonchev–Trinajstić information content (AvgIpc) is 2.87. The number of methoxy groups -OCH3 is 1. The van der Waals surface area contributed by atoms with Crippen molar-refractivity contribution in [3.05, 3.63) is 47.9 Å². The van der Waals surface area contributed by atoms with Gasteiger partial charge in [0.2, 0.25) is 5.88 Å². The molecular weight excluding hydrogens is 295 g/mol. The number of alkyl halides is 3. The summed E-state index contributed by atoms with van der Waals surface area (Å²) >= 11 is 0. The zero-order chi connectivity index (χ0) is 15.9. The van der Waals surface area contributed by atoms with Crippen molar-refractivity contribution in [1.29, 1.82) is 0 Å². The van der Waals surface area contributed by atoms with E-state index in [1.807, 2.05) is 0 Å². The van der Waals surface area contributed by atoms with E-state index < -0.39 is 11.9 Å². The number of hydrogen-bond acceptors (Lipinski definition) is 3. The molecule has 0 radical (unpaired) electrons. The number of hydrogen-bond donors (Lipinski definition) is 0. The van der Waals surface area contributed by atoms with Crippen LogP contribution in [0.25, 0.3) is 16.5 Å². The van der Waals surface area contributed by atoms with Crippen molar-refractivity contribution in [2.24, 2.45) is 0 Å². The van der Waals surface area contributed by atoms with Crippen LogP contribution in [0.2, 0.25) is 0 Å². The van der Waals surface area contributed by atoms with E-state index in [1.54, 1.807) is 24.3 Å². The van der Waals surface area contributed by atoms with Gasteiger partial charge in [0.15, 0.2) is 5.69 Å². The lowest BCUT2D eigenvalue weighted by molar-refractivity contribution is -0.143. The summed E-state index contributed by atoms with van der Waals surface area (Å²) in [6, 6.07) is 6.63. The monoisotopic (exact) mass is 307 g/mol. The van der Waals surface area contributed by atoms with Crippen LogP contribution in [-0.4, -0.2) is 21.9 Å². The molecule has 0 atom stereocenters. The molecule has 2 heterocycles. The smallest absolute Gasteiger partial charge is 0.433 e. The second-order valence-electron chi connectivity index (χ2n) is 4.78. The molecule has 3 rings (SSSR count). The zero-order valence-corrected chi connectivity index (χ0v) is 11.8. The first kappa shape index (κ1) is 14.4. The molecule has 0 saturated heterocycles. The SMILES string of the molecule is COc1nccc2c(-n3ncc(C)c3C(F)(F)F)cccc12.